The van der Waals surface area contributed by atoms with Crippen LogP contribution in [0.3, 0.4) is 0 Å². The fourth-order valence-electron chi connectivity index (χ4n) is 2.77. The number of hydrogen-bond donors (Lipinski definition) is 0. The van der Waals surface area contributed by atoms with Crippen LogP contribution >= 0.6 is 0 Å². The van der Waals surface area contributed by atoms with Crippen LogP contribution in [0.5, 0.6) is 0 Å². The summed E-state index contributed by atoms with van der Waals surface area (Å²) < 4.78 is 4.84. The Balaban J connectivity index is 3.26. The summed E-state index contributed by atoms with van der Waals surface area (Å²) in [5.41, 5.74) is 2.36. The smallest absolute Gasteiger partial charge is 0.238 e. The van der Waals surface area contributed by atoms with Gasteiger partial charge in [-0.05, 0) is 51.9 Å². The molecule has 0 saturated heterocycles. The van der Waals surface area contributed by atoms with Gasteiger partial charge in [0, 0.05) is 0 Å². The van der Waals surface area contributed by atoms with Gasteiger partial charge in [0.1, 0.15) is 0 Å². The molecule has 0 amide bonds. The van der Waals surface area contributed by atoms with Crippen molar-refractivity contribution in [2.24, 2.45) is 0 Å². The van der Waals surface area contributed by atoms with Crippen LogP contribution in [0.2, 0.25) is 6.04 Å². The van der Waals surface area contributed by atoms with Crippen molar-refractivity contribution in [2.45, 2.75) is 19.9 Å². The molecular formula is C15H26N2Si. The second-order valence-electron chi connectivity index (χ2n) is 5.32. The van der Waals surface area contributed by atoms with Crippen LogP contribution in [0.4, 0.5) is 0 Å². The third-order valence-electron chi connectivity index (χ3n) is 3.81. The fourth-order valence-corrected chi connectivity index (χ4v) is 6.98. The number of rotatable bonds is 5. The molecule has 0 fully saturated rings. The molecule has 1 aromatic carbocycles. The van der Waals surface area contributed by atoms with Gasteiger partial charge >= 0.3 is 0 Å². The summed E-state index contributed by atoms with van der Waals surface area (Å²) in [6.07, 6.45) is 0. The van der Waals surface area contributed by atoms with Gasteiger partial charge in [-0.1, -0.05) is 43.3 Å². The van der Waals surface area contributed by atoms with E-state index in [4.69, 9.17) is 0 Å². The molecule has 3 heteroatoms. The fraction of sp³-hybridized carbons (Fsp3) is 0.467. The SMILES string of the molecule is C=C(C)c1ccc([Si](CC)(N(C)C)N(C)C)cc1. The first-order valence-corrected chi connectivity index (χ1v) is 8.57. The molecule has 0 unspecified atom stereocenters. The molecule has 0 aliphatic carbocycles. The van der Waals surface area contributed by atoms with E-state index in [9.17, 15) is 0 Å². The van der Waals surface area contributed by atoms with Crippen molar-refractivity contribution in [3.63, 3.8) is 0 Å². The topological polar surface area (TPSA) is 6.48 Å². The van der Waals surface area contributed by atoms with E-state index in [-0.39, 0.29) is 0 Å². The van der Waals surface area contributed by atoms with Crippen LogP contribution in [-0.2, 0) is 0 Å². The molecule has 0 N–H and O–H groups in total. The Bertz CT molecular complexity index is 399. The highest BCUT2D eigenvalue weighted by Gasteiger charge is 2.39. The van der Waals surface area contributed by atoms with E-state index in [1.165, 1.54) is 16.8 Å². The van der Waals surface area contributed by atoms with Crippen LogP contribution in [0, 0.1) is 0 Å². The first-order chi connectivity index (χ1) is 8.36. The van der Waals surface area contributed by atoms with Gasteiger partial charge in [-0.25, -0.2) is 0 Å². The maximum absolute atomic E-state index is 4.00. The predicted octanol–water partition coefficient (Wildman–Crippen LogP) is 2.51. The third kappa shape index (κ3) is 2.58. The van der Waals surface area contributed by atoms with E-state index in [1.54, 1.807) is 0 Å². The molecule has 18 heavy (non-hydrogen) atoms. The van der Waals surface area contributed by atoms with Crippen molar-refractivity contribution < 1.29 is 0 Å². The minimum Gasteiger partial charge on any atom is -0.314 e. The Labute approximate surface area is 113 Å². The molecular weight excluding hydrogens is 236 g/mol. The van der Waals surface area contributed by atoms with Gasteiger partial charge in [0.05, 0.1) is 0 Å². The maximum Gasteiger partial charge on any atom is 0.238 e. The Kier molecular flexibility index (Phi) is 4.90. The Morgan fingerprint density at radius 3 is 1.78 bits per heavy atom. The number of allylic oxidation sites excluding steroid dienone is 1. The van der Waals surface area contributed by atoms with E-state index in [0.717, 1.165) is 5.57 Å². The molecule has 2 nitrogen and oxygen atoms in total. The van der Waals surface area contributed by atoms with Gasteiger partial charge in [-0.15, -0.1) is 0 Å². The van der Waals surface area contributed by atoms with E-state index < -0.39 is 8.40 Å². The maximum atomic E-state index is 4.00. The third-order valence-corrected chi connectivity index (χ3v) is 9.02. The zero-order valence-electron chi connectivity index (χ0n) is 12.6. The monoisotopic (exact) mass is 262 g/mol. The summed E-state index contributed by atoms with van der Waals surface area (Å²) in [5.74, 6) is 0. The highest BCUT2D eigenvalue weighted by molar-refractivity contribution is 6.86. The van der Waals surface area contributed by atoms with Crippen molar-refractivity contribution in [2.75, 3.05) is 28.2 Å². The minimum atomic E-state index is -1.72. The van der Waals surface area contributed by atoms with Gasteiger partial charge in [0.25, 0.3) is 0 Å². The standard InChI is InChI=1S/C15H26N2Si/c1-8-18(16(4)5,17(6)7)15-11-9-14(10-12-15)13(2)3/h9-12H,2,8H2,1,3-7H3. The summed E-state index contributed by atoms with van der Waals surface area (Å²) in [5, 5.41) is 1.46. The quantitative estimate of drug-likeness (QED) is 0.752. The van der Waals surface area contributed by atoms with E-state index in [2.05, 4.69) is 82.0 Å². The van der Waals surface area contributed by atoms with Crippen LogP contribution in [-0.4, -0.2) is 45.7 Å². The Morgan fingerprint density at radius 1 is 1.06 bits per heavy atom. The highest BCUT2D eigenvalue weighted by Crippen LogP contribution is 2.17. The zero-order chi connectivity index (χ0) is 13.9. The van der Waals surface area contributed by atoms with E-state index >= 15 is 0 Å². The number of benzene rings is 1. The normalized spacial score (nSPS) is 12.2. The average molecular weight is 262 g/mol. The van der Waals surface area contributed by atoms with E-state index in [0.29, 0.717) is 0 Å². The zero-order valence-corrected chi connectivity index (χ0v) is 13.6. The highest BCUT2D eigenvalue weighted by atomic mass is 28.3. The molecule has 0 heterocycles. The van der Waals surface area contributed by atoms with Gasteiger partial charge < -0.3 is 9.13 Å². The Hall–Kier alpha value is -0.903. The number of hydrogen-bond acceptors (Lipinski definition) is 2. The predicted molar refractivity (Wildman–Crippen MR) is 84.4 cm³/mol. The second-order valence-corrected chi connectivity index (χ2v) is 10.0. The summed E-state index contributed by atoms with van der Waals surface area (Å²) in [7, 11) is 7.07. The van der Waals surface area contributed by atoms with Gasteiger partial charge in [-0.2, -0.15) is 0 Å². The second kappa shape index (κ2) is 5.82. The molecule has 0 aliphatic heterocycles. The lowest BCUT2D eigenvalue weighted by Gasteiger charge is -2.42. The van der Waals surface area contributed by atoms with Gasteiger partial charge in [0.2, 0.25) is 8.40 Å². The lowest BCUT2D eigenvalue weighted by Crippen LogP contribution is -2.68. The summed E-state index contributed by atoms with van der Waals surface area (Å²) in [6, 6.07) is 10.1. The largest absolute Gasteiger partial charge is 0.314 e. The molecule has 0 aromatic heterocycles. The molecule has 0 radical (unpaired) electrons. The van der Waals surface area contributed by atoms with Crippen LogP contribution < -0.4 is 5.19 Å². The molecule has 1 rings (SSSR count). The number of nitrogens with zero attached hydrogens (tertiary/aromatic N) is 2. The molecule has 0 saturated carbocycles. The average Bonchev–Trinajstić information content (AvgIpc) is 2.30. The van der Waals surface area contributed by atoms with Gasteiger partial charge in [0.15, 0.2) is 0 Å². The van der Waals surface area contributed by atoms with Crippen molar-refractivity contribution in [1.82, 2.24) is 9.13 Å². The summed E-state index contributed by atoms with van der Waals surface area (Å²) in [6.45, 7) is 8.34. The van der Waals surface area contributed by atoms with Crippen LogP contribution in [0.15, 0.2) is 30.8 Å². The summed E-state index contributed by atoms with van der Waals surface area (Å²) >= 11 is 0. The van der Waals surface area contributed by atoms with Crippen LogP contribution in [0.1, 0.15) is 19.4 Å². The molecule has 0 aliphatic rings. The first-order valence-electron chi connectivity index (χ1n) is 6.47. The lowest BCUT2D eigenvalue weighted by atomic mass is 10.1. The first kappa shape index (κ1) is 15.2. The Morgan fingerprint density at radius 2 is 1.50 bits per heavy atom. The molecule has 0 spiro atoms. The molecule has 100 valence electrons. The van der Waals surface area contributed by atoms with Crippen molar-refractivity contribution in [3.05, 3.63) is 36.4 Å². The van der Waals surface area contributed by atoms with E-state index in [1.807, 2.05) is 0 Å². The molecule has 0 atom stereocenters. The minimum absolute atomic E-state index is 1.13. The lowest BCUT2D eigenvalue weighted by molar-refractivity contribution is 0.494. The van der Waals surface area contributed by atoms with Crippen molar-refractivity contribution >= 4 is 19.2 Å². The van der Waals surface area contributed by atoms with Crippen molar-refractivity contribution in [1.29, 1.82) is 0 Å². The van der Waals surface area contributed by atoms with Crippen molar-refractivity contribution in [3.8, 4) is 0 Å². The summed E-state index contributed by atoms with van der Waals surface area (Å²) in [4.78, 5) is 0. The molecule has 0 bridgehead atoms. The van der Waals surface area contributed by atoms with Gasteiger partial charge in [-0.3, -0.25) is 0 Å². The van der Waals surface area contributed by atoms with Crippen LogP contribution in [0.25, 0.3) is 5.57 Å². The molecule has 1 aromatic rings.